The van der Waals surface area contributed by atoms with E-state index in [-0.39, 0.29) is 36.4 Å². The number of halogens is 13. The topological polar surface area (TPSA) is 64.8 Å². The Bertz CT molecular complexity index is 883. The summed E-state index contributed by atoms with van der Waals surface area (Å²) in [6, 6.07) is -1.67. The van der Waals surface area contributed by atoms with Gasteiger partial charge < -0.3 is 13.6 Å². The molecule has 0 fully saturated rings. The van der Waals surface area contributed by atoms with Crippen molar-refractivity contribution in [1.29, 1.82) is 0 Å². The van der Waals surface area contributed by atoms with Crippen molar-refractivity contribution in [2.24, 2.45) is 15.5 Å². The molecule has 40 heavy (non-hydrogen) atoms. The highest BCUT2D eigenvalue weighted by Gasteiger charge is 2.90. The van der Waals surface area contributed by atoms with E-state index < -0.39 is 57.1 Å². The maximum Gasteiger partial charge on any atom is 0.762 e. The molecule has 0 rings (SSSR count). The lowest BCUT2D eigenvalue weighted by Crippen LogP contribution is -2.70. The van der Waals surface area contributed by atoms with Gasteiger partial charge in [0.1, 0.15) is 0 Å². The van der Waals surface area contributed by atoms with E-state index in [4.69, 9.17) is 13.6 Å². The highest BCUT2D eigenvalue weighted by atomic mass is 28.4. The molecular weight excluding hydrogens is 605 g/mol. The largest absolute Gasteiger partial charge is 0.762 e. The molecule has 0 aromatic heterocycles. The number of nitrogens with zero attached hydrogens (tertiary/aromatic N) is 3. The molecule has 0 radical (unpaired) electrons. The molecule has 0 aromatic carbocycles. The highest BCUT2D eigenvalue weighted by molar-refractivity contribution is 6.60. The molecule has 0 aliphatic heterocycles. The highest BCUT2D eigenvalue weighted by Crippen LogP contribution is 2.61. The van der Waals surface area contributed by atoms with Gasteiger partial charge in [-0.05, 0) is 40.0 Å². The third kappa shape index (κ3) is 7.92. The fourth-order valence-electron chi connectivity index (χ4n) is 2.09. The Morgan fingerprint density at radius 3 is 1.10 bits per heavy atom. The summed E-state index contributed by atoms with van der Waals surface area (Å²) in [7, 11) is -5.03. The van der Waals surface area contributed by atoms with Gasteiger partial charge in [0.25, 0.3) is 0 Å². The molecule has 20 heteroatoms. The van der Waals surface area contributed by atoms with Gasteiger partial charge in [-0.1, -0.05) is 20.8 Å². The van der Waals surface area contributed by atoms with Gasteiger partial charge in [0.15, 0.2) is 0 Å². The summed E-state index contributed by atoms with van der Waals surface area (Å²) in [6.07, 6.45) is -9.61. The Labute approximate surface area is 221 Å². The fourth-order valence-corrected chi connectivity index (χ4v) is 3.97. The average Bonchev–Trinajstić information content (AvgIpc) is 2.85. The van der Waals surface area contributed by atoms with E-state index in [1.54, 1.807) is 20.8 Å². The van der Waals surface area contributed by atoms with Gasteiger partial charge in [-0.25, -0.2) is 0 Å². The standard InChI is InChI=1S/C20H28F13N3O3Si/c1-7-12(4)34-37-40(38-35-13(5)8-2,39-36-14(6)9-3)11-10-15(21,22)16(23,24)17(25,26)18(27,28)19(29,30)20(31,32)33/h7-11H2,1-6H3/b34-12+,35-13+,36-14+. The Morgan fingerprint density at radius 1 is 0.525 bits per heavy atom. The van der Waals surface area contributed by atoms with Crippen molar-refractivity contribution in [2.45, 2.75) is 109 Å². The SMILES string of the molecule is CC/C(C)=N/O[Si](CCC(F)(F)C(F)(F)C(F)(F)C(F)(F)C(F)(F)C(F)(F)F)(O/N=C(\C)CC)O/N=C(\C)CC. The molecule has 0 amide bonds. The van der Waals surface area contributed by atoms with E-state index in [9.17, 15) is 57.1 Å². The molecule has 0 N–H and O–H groups in total. The molecule has 0 atom stereocenters. The number of oxime groups is 3. The number of rotatable bonds is 16. The first-order valence-corrected chi connectivity index (χ1v) is 13.4. The van der Waals surface area contributed by atoms with Crippen molar-refractivity contribution in [1.82, 2.24) is 0 Å². The Hall–Kier alpha value is -2.28. The molecule has 0 saturated carbocycles. The van der Waals surface area contributed by atoms with Crippen LogP contribution in [0.3, 0.4) is 0 Å². The van der Waals surface area contributed by atoms with Gasteiger partial charge in [0.2, 0.25) is 0 Å². The lowest BCUT2D eigenvalue weighted by molar-refractivity contribution is -0.440. The zero-order chi connectivity index (χ0) is 32.0. The normalized spacial score (nSPS) is 15.8. The van der Waals surface area contributed by atoms with Gasteiger partial charge in [-0.2, -0.15) is 57.1 Å². The van der Waals surface area contributed by atoms with E-state index in [1.807, 2.05) is 0 Å². The van der Waals surface area contributed by atoms with Crippen molar-refractivity contribution in [2.75, 3.05) is 0 Å². The fraction of sp³-hybridized carbons (Fsp3) is 0.850. The van der Waals surface area contributed by atoms with Crippen LogP contribution in [0.4, 0.5) is 57.1 Å². The second-order valence-electron chi connectivity index (χ2n) is 8.50. The lowest BCUT2D eigenvalue weighted by atomic mass is 9.93. The Kier molecular flexibility index (Phi) is 12.4. The second kappa shape index (κ2) is 13.1. The third-order valence-electron chi connectivity index (χ3n) is 5.30. The summed E-state index contributed by atoms with van der Waals surface area (Å²) in [6.45, 7) is 8.64. The van der Waals surface area contributed by atoms with Crippen molar-refractivity contribution < 1.29 is 70.7 Å². The summed E-state index contributed by atoms with van der Waals surface area (Å²) < 4.78 is 191. The smallest absolute Gasteiger partial charge is 0.373 e. The van der Waals surface area contributed by atoms with Crippen LogP contribution >= 0.6 is 0 Å². The van der Waals surface area contributed by atoms with Gasteiger partial charge in [0, 0.05) is 6.42 Å². The lowest BCUT2D eigenvalue weighted by Gasteiger charge is -2.39. The minimum Gasteiger partial charge on any atom is -0.373 e. The molecule has 0 bridgehead atoms. The van der Waals surface area contributed by atoms with Crippen LogP contribution in [-0.4, -0.2) is 61.7 Å². The molecule has 236 valence electrons. The third-order valence-corrected chi connectivity index (χ3v) is 7.27. The maximum atomic E-state index is 14.5. The van der Waals surface area contributed by atoms with Crippen molar-refractivity contribution in [3.05, 3.63) is 0 Å². The number of hydrogen-bond donors (Lipinski definition) is 0. The summed E-state index contributed by atoms with van der Waals surface area (Å²) in [5.74, 6) is -37.6. The van der Waals surface area contributed by atoms with Crippen LogP contribution in [0.1, 0.15) is 67.2 Å². The molecule has 0 aliphatic carbocycles. The van der Waals surface area contributed by atoms with E-state index in [1.165, 1.54) is 20.8 Å². The van der Waals surface area contributed by atoms with Crippen molar-refractivity contribution in [3.63, 3.8) is 0 Å². The summed E-state index contributed by atoms with van der Waals surface area (Å²) in [4.78, 5) is 0. The van der Waals surface area contributed by atoms with Crippen LogP contribution in [0.15, 0.2) is 15.5 Å². The minimum atomic E-state index is -8.00. The summed E-state index contributed by atoms with van der Waals surface area (Å²) >= 11 is 0. The Morgan fingerprint density at radius 2 is 0.825 bits per heavy atom. The predicted octanol–water partition coefficient (Wildman–Crippen LogP) is 8.46. The zero-order valence-electron chi connectivity index (χ0n) is 22.0. The molecule has 0 spiro atoms. The molecule has 0 aromatic rings. The van der Waals surface area contributed by atoms with Crippen LogP contribution in [0.2, 0.25) is 6.04 Å². The number of hydrogen-bond acceptors (Lipinski definition) is 6. The molecule has 0 unspecified atom stereocenters. The van der Waals surface area contributed by atoms with Crippen molar-refractivity contribution >= 4 is 25.9 Å². The Balaban J connectivity index is 6.73. The quantitative estimate of drug-likeness (QED) is 0.0742. The van der Waals surface area contributed by atoms with Gasteiger partial charge in [-0.3, -0.25) is 0 Å². The van der Waals surface area contributed by atoms with Crippen LogP contribution in [0.5, 0.6) is 0 Å². The van der Waals surface area contributed by atoms with Crippen LogP contribution < -0.4 is 0 Å². The predicted molar refractivity (Wildman–Crippen MR) is 119 cm³/mol. The van der Waals surface area contributed by atoms with E-state index in [0.29, 0.717) is 0 Å². The maximum absolute atomic E-state index is 14.5. The monoisotopic (exact) mass is 633 g/mol. The van der Waals surface area contributed by atoms with Gasteiger partial charge >= 0.3 is 44.6 Å². The van der Waals surface area contributed by atoms with Crippen LogP contribution in [-0.2, 0) is 13.6 Å². The van der Waals surface area contributed by atoms with Crippen molar-refractivity contribution in [3.8, 4) is 0 Å². The first-order valence-electron chi connectivity index (χ1n) is 11.4. The first-order chi connectivity index (χ1) is 17.8. The van der Waals surface area contributed by atoms with E-state index >= 15 is 0 Å². The number of alkyl halides is 13. The zero-order valence-corrected chi connectivity index (χ0v) is 23.0. The average molecular weight is 634 g/mol. The van der Waals surface area contributed by atoms with E-state index in [2.05, 4.69) is 15.5 Å². The molecule has 0 saturated heterocycles. The summed E-state index contributed by atoms with van der Waals surface area (Å²) in [5, 5.41) is 10.5. The minimum absolute atomic E-state index is 0.133. The summed E-state index contributed by atoms with van der Waals surface area (Å²) in [5.41, 5.74) is 0.400. The molecule has 0 aliphatic rings. The second-order valence-corrected chi connectivity index (χ2v) is 10.9. The van der Waals surface area contributed by atoms with Gasteiger partial charge in [-0.15, -0.1) is 15.5 Å². The molecule has 0 heterocycles. The van der Waals surface area contributed by atoms with Crippen LogP contribution in [0, 0.1) is 0 Å². The van der Waals surface area contributed by atoms with Gasteiger partial charge in [0.05, 0.1) is 23.2 Å². The first kappa shape index (κ1) is 37.7. The molecule has 6 nitrogen and oxygen atoms in total. The van der Waals surface area contributed by atoms with Crippen LogP contribution in [0.25, 0.3) is 0 Å². The molecular formula is C20H28F13N3O3Si. The van der Waals surface area contributed by atoms with E-state index in [0.717, 1.165) is 0 Å².